The zero-order chi connectivity index (χ0) is 23.0. The van der Waals surface area contributed by atoms with Gasteiger partial charge in [0.05, 0.1) is 6.10 Å². The van der Waals surface area contributed by atoms with Gasteiger partial charge in [-0.25, -0.2) is 0 Å². The second-order valence-corrected chi connectivity index (χ2v) is 10.3. The molecule has 4 rings (SSSR count). The molecular formula is C28H33NO3. The van der Waals surface area contributed by atoms with E-state index in [9.17, 15) is 9.59 Å². The highest BCUT2D eigenvalue weighted by atomic mass is 16.5. The second kappa shape index (κ2) is 8.57. The molecule has 1 aliphatic carbocycles. The summed E-state index contributed by atoms with van der Waals surface area (Å²) in [5.74, 6) is 0.661. The van der Waals surface area contributed by atoms with E-state index in [1.165, 1.54) is 5.56 Å². The van der Waals surface area contributed by atoms with Crippen LogP contribution in [0.4, 0.5) is 0 Å². The number of amides is 1. The normalized spacial score (nSPS) is 21.4. The fourth-order valence-corrected chi connectivity index (χ4v) is 4.85. The Morgan fingerprint density at radius 3 is 2.28 bits per heavy atom. The topological polar surface area (TPSA) is 55.4 Å². The predicted molar refractivity (Wildman–Crippen MR) is 127 cm³/mol. The van der Waals surface area contributed by atoms with Gasteiger partial charge in [-0.15, -0.1) is 0 Å². The van der Waals surface area contributed by atoms with Crippen molar-refractivity contribution in [3.05, 3.63) is 76.5 Å². The highest BCUT2D eigenvalue weighted by Gasteiger charge is 2.39. The highest BCUT2D eigenvalue weighted by molar-refractivity contribution is 6.02. The van der Waals surface area contributed by atoms with E-state index in [2.05, 4.69) is 50.4 Å². The molecule has 2 atom stereocenters. The van der Waals surface area contributed by atoms with Crippen molar-refractivity contribution in [1.29, 1.82) is 0 Å². The molecule has 0 spiro atoms. The van der Waals surface area contributed by atoms with Gasteiger partial charge in [0.1, 0.15) is 5.75 Å². The van der Waals surface area contributed by atoms with Crippen molar-refractivity contribution in [1.82, 2.24) is 5.32 Å². The third-order valence-corrected chi connectivity index (χ3v) is 6.44. The van der Waals surface area contributed by atoms with Gasteiger partial charge in [-0.05, 0) is 48.8 Å². The number of rotatable bonds is 4. The standard InChI is InChI=1S/C28H33NO3/c1-17(2)32-25-9-7-6-8-21(25)22-16-26(31)29-23-14-19(15-24(30)27(22)23)18-10-12-20(13-11-18)28(3,4)5/h6-13,17,19,22H,14-16H2,1-5H3,(H,29,31). The summed E-state index contributed by atoms with van der Waals surface area (Å²) in [6, 6.07) is 16.4. The molecule has 0 saturated heterocycles. The molecule has 168 valence electrons. The Labute approximate surface area is 191 Å². The molecule has 4 nitrogen and oxygen atoms in total. The van der Waals surface area contributed by atoms with E-state index in [1.807, 2.05) is 38.1 Å². The van der Waals surface area contributed by atoms with Gasteiger partial charge in [-0.3, -0.25) is 9.59 Å². The Morgan fingerprint density at radius 2 is 1.62 bits per heavy atom. The van der Waals surface area contributed by atoms with E-state index in [-0.39, 0.29) is 41.5 Å². The lowest BCUT2D eigenvalue weighted by atomic mass is 9.73. The zero-order valence-corrected chi connectivity index (χ0v) is 19.7. The van der Waals surface area contributed by atoms with Gasteiger partial charge < -0.3 is 10.1 Å². The number of ketones is 1. The smallest absolute Gasteiger partial charge is 0.225 e. The lowest BCUT2D eigenvalue weighted by Gasteiger charge is -2.35. The van der Waals surface area contributed by atoms with Crippen LogP contribution in [0.5, 0.6) is 5.75 Å². The molecule has 0 saturated carbocycles. The zero-order valence-electron chi connectivity index (χ0n) is 19.7. The van der Waals surface area contributed by atoms with Crippen LogP contribution in [0.15, 0.2) is 59.8 Å². The number of nitrogens with one attached hydrogen (secondary N) is 1. The van der Waals surface area contributed by atoms with Gasteiger partial charge in [0, 0.05) is 35.6 Å². The number of carbonyl (C=O) groups excluding carboxylic acids is 2. The molecule has 4 heteroatoms. The van der Waals surface area contributed by atoms with Crippen molar-refractivity contribution in [2.45, 2.75) is 77.2 Å². The van der Waals surface area contributed by atoms with Crippen LogP contribution in [-0.2, 0) is 15.0 Å². The summed E-state index contributed by atoms with van der Waals surface area (Å²) >= 11 is 0. The number of ether oxygens (including phenoxy) is 1. The lowest BCUT2D eigenvalue weighted by Crippen LogP contribution is -2.38. The first-order chi connectivity index (χ1) is 15.1. The number of hydrogen-bond donors (Lipinski definition) is 1. The van der Waals surface area contributed by atoms with E-state index in [1.54, 1.807) is 0 Å². The molecule has 2 aliphatic rings. The van der Waals surface area contributed by atoms with Crippen molar-refractivity contribution in [3.63, 3.8) is 0 Å². The summed E-state index contributed by atoms with van der Waals surface area (Å²) < 4.78 is 6.01. The average Bonchev–Trinajstić information content (AvgIpc) is 2.72. The van der Waals surface area contributed by atoms with Crippen LogP contribution in [0, 0.1) is 0 Å². The molecule has 2 unspecified atom stereocenters. The van der Waals surface area contributed by atoms with Gasteiger partial charge >= 0.3 is 0 Å². The van der Waals surface area contributed by atoms with Crippen LogP contribution in [0.3, 0.4) is 0 Å². The van der Waals surface area contributed by atoms with Crippen LogP contribution in [0.25, 0.3) is 0 Å². The maximum absolute atomic E-state index is 13.4. The summed E-state index contributed by atoms with van der Waals surface area (Å²) in [6.45, 7) is 10.6. The number of allylic oxidation sites excluding steroid dienone is 2. The molecule has 1 N–H and O–H groups in total. The van der Waals surface area contributed by atoms with Crippen LogP contribution < -0.4 is 10.1 Å². The van der Waals surface area contributed by atoms with E-state index in [0.717, 1.165) is 28.1 Å². The fourth-order valence-electron chi connectivity index (χ4n) is 4.85. The van der Waals surface area contributed by atoms with Crippen LogP contribution >= 0.6 is 0 Å². The molecule has 0 fully saturated rings. The lowest BCUT2D eigenvalue weighted by molar-refractivity contribution is -0.122. The minimum atomic E-state index is -0.259. The minimum Gasteiger partial charge on any atom is -0.491 e. The Hall–Kier alpha value is -2.88. The van der Waals surface area contributed by atoms with Crippen molar-refractivity contribution in [3.8, 4) is 5.75 Å². The molecule has 0 aromatic heterocycles. The first-order valence-electron chi connectivity index (χ1n) is 11.6. The monoisotopic (exact) mass is 431 g/mol. The summed E-state index contributed by atoms with van der Waals surface area (Å²) in [7, 11) is 0. The van der Waals surface area contributed by atoms with Crippen molar-refractivity contribution < 1.29 is 14.3 Å². The Kier molecular flexibility index (Phi) is 5.98. The minimum absolute atomic E-state index is 0.0181. The van der Waals surface area contributed by atoms with Crippen LogP contribution in [-0.4, -0.2) is 17.8 Å². The summed E-state index contributed by atoms with van der Waals surface area (Å²) in [5.41, 5.74) is 4.98. The third kappa shape index (κ3) is 4.50. The number of Topliss-reactive ketones (excluding diaryl/α,β-unsaturated/α-hetero) is 1. The van der Waals surface area contributed by atoms with Crippen molar-refractivity contribution in [2.75, 3.05) is 0 Å². The summed E-state index contributed by atoms with van der Waals surface area (Å²) in [5, 5.41) is 3.02. The SMILES string of the molecule is CC(C)Oc1ccccc1C1CC(=O)NC2=C1C(=O)CC(c1ccc(C(C)(C)C)cc1)C2. The first-order valence-corrected chi connectivity index (χ1v) is 11.6. The van der Waals surface area contributed by atoms with Gasteiger partial charge in [0.15, 0.2) is 5.78 Å². The number of para-hydroxylation sites is 1. The Morgan fingerprint density at radius 1 is 0.938 bits per heavy atom. The van der Waals surface area contributed by atoms with Gasteiger partial charge in [0.25, 0.3) is 0 Å². The first kappa shape index (κ1) is 22.3. The predicted octanol–water partition coefficient (Wildman–Crippen LogP) is 5.78. The molecule has 2 aromatic rings. The fraction of sp³-hybridized carbons (Fsp3) is 0.429. The van der Waals surface area contributed by atoms with Crippen LogP contribution in [0.2, 0.25) is 0 Å². The molecular weight excluding hydrogens is 398 g/mol. The average molecular weight is 432 g/mol. The van der Waals surface area contributed by atoms with Gasteiger partial charge in [-0.1, -0.05) is 63.2 Å². The van der Waals surface area contributed by atoms with Crippen molar-refractivity contribution in [2.24, 2.45) is 0 Å². The van der Waals surface area contributed by atoms with Gasteiger partial charge in [-0.2, -0.15) is 0 Å². The second-order valence-electron chi connectivity index (χ2n) is 10.3. The van der Waals surface area contributed by atoms with E-state index >= 15 is 0 Å². The highest BCUT2D eigenvalue weighted by Crippen LogP contribution is 2.44. The number of benzene rings is 2. The number of carbonyl (C=O) groups is 2. The van der Waals surface area contributed by atoms with Crippen LogP contribution in [0.1, 0.15) is 82.4 Å². The van der Waals surface area contributed by atoms with E-state index in [4.69, 9.17) is 4.74 Å². The quantitative estimate of drug-likeness (QED) is 0.668. The molecule has 1 aliphatic heterocycles. The molecule has 32 heavy (non-hydrogen) atoms. The Bertz CT molecular complexity index is 1060. The molecule has 0 radical (unpaired) electrons. The Balaban J connectivity index is 1.67. The number of hydrogen-bond acceptors (Lipinski definition) is 3. The summed E-state index contributed by atoms with van der Waals surface area (Å²) in [6.07, 6.45) is 1.43. The molecule has 2 aromatic carbocycles. The van der Waals surface area contributed by atoms with Crippen molar-refractivity contribution >= 4 is 11.7 Å². The molecule has 0 bridgehead atoms. The summed E-state index contributed by atoms with van der Waals surface area (Å²) in [4.78, 5) is 26.1. The molecule has 1 heterocycles. The molecule has 1 amide bonds. The third-order valence-electron chi connectivity index (χ3n) is 6.44. The van der Waals surface area contributed by atoms with E-state index in [0.29, 0.717) is 12.8 Å². The maximum atomic E-state index is 13.4. The largest absolute Gasteiger partial charge is 0.491 e. The van der Waals surface area contributed by atoms with Gasteiger partial charge in [0.2, 0.25) is 5.91 Å². The maximum Gasteiger partial charge on any atom is 0.225 e. The van der Waals surface area contributed by atoms with E-state index < -0.39 is 0 Å².